The lowest BCUT2D eigenvalue weighted by molar-refractivity contribution is 1.10. The van der Waals surface area contributed by atoms with Crippen molar-refractivity contribution in [1.29, 1.82) is 0 Å². The van der Waals surface area contributed by atoms with Gasteiger partial charge in [-0.25, -0.2) is 0 Å². The molecule has 0 aliphatic rings. The van der Waals surface area contributed by atoms with E-state index in [2.05, 4.69) is 67.9 Å². The summed E-state index contributed by atoms with van der Waals surface area (Å²) < 4.78 is 0. The molecule has 0 spiro atoms. The second kappa shape index (κ2) is 5.96. The smallest absolute Gasteiger partial charge is 0.0480 e. The monoisotopic (exact) mass is 257 g/mol. The van der Waals surface area contributed by atoms with E-state index < -0.39 is 0 Å². The first-order chi connectivity index (χ1) is 8.70. The van der Waals surface area contributed by atoms with Crippen molar-refractivity contribution in [3.05, 3.63) is 59.2 Å². The first kappa shape index (κ1) is 13.0. The molecule has 0 amide bonds. The van der Waals surface area contributed by atoms with E-state index in [1.54, 1.807) is 11.8 Å². The fourth-order valence-electron chi connectivity index (χ4n) is 2.03. The molecule has 1 N–H and O–H groups in total. The molecule has 0 fully saturated rings. The summed E-state index contributed by atoms with van der Waals surface area (Å²) in [6, 6.07) is 15.0. The van der Waals surface area contributed by atoms with Gasteiger partial charge in [0.15, 0.2) is 0 Å². The van der Waals surface area contributed by atoms with E-state index in [0.29, 0.717) is 0 Å². The van der Waals surface area contributed by atoms with Gasteiger partial charge in [0.1, 0.15) is 0 Å². The molecule has 2 aromatic carbocycles. The Labute approximate surface area is 114 Å². The van der Waals surface area contributed by atoms with Crippen molar-refractivity contribution in [3.63, 3.8) is 0 Å². The molecule has 18 heavy (non-hydrogen) atoms. The molecule has 2 aromatic rings. The topological polar surface area (TPSA) is 12.0 Å². The molecule has 2 heteroatoms. The summed E-state index contributed by atoms with van der Waals surface area (Å²) in [5, 5.41) is 3.52. The zero-order chi connectivity index (χ0) is 13.0. The summed E-state index contributed by atoms with van der Waals surface area (Å²) in [5.74, 6) is 0. The Balaban J connectivity index is 2.11. The van der Waals surface area contributed by atoms with Crippen molar-refractivity contribution < 1.29 is 0 Å². The van der Waals surface area contributed by atoms with Gasteiger partial charge in [-0.3, -0.25) is 0 Å². The van der Waals surface area contributed by atoms with Crippen LogP contribution in [0.5, 0.6) is 0 Å². The van der Waals surface area contributed by atoms with Crippen LogP contribution in [0.25, 0.3) is 0 Å². The van der Waals surface area contributed by atoms with Crippen molar-refractivity contribution in [2.75, 3.05) is 11.6 Å². The minimum Gasteiger partial charge on any atom is -0.380 e. The molecule has 1 nitrogen and oxygen atoms in total. The summed E-state index contributed by atoms with van der Waals surface area (Å²) in [4.78, 5) is 1.29. The first-order valence-corrected chi connectivity index (χ1v) is 7.36. The Morgan fingerprint density at radius 2 is 1.83 bits per heavy atom. The summed E-state index contributed by atoms with van der Waals surface area (Å²) >= 11 is 1.77. The number of hydrogen-bond acceptors (Lipinski definition) is 2. The Kier molecular flexibility index (Phi) is 4.32. The zero-order valence-corrected chi connectivity index (χ0v) is 12.0. The molecule has 0 heterocycles. The van der Waals surface area contributed by atoms with Gasteiger partial charge in [-0.05, 0) is 43.4 Å². The maximum atomic E-state index is 3.52. The average molecular weight is 257 g/mol. The van der Waals surface area contributed by atoms with Crippen LogP contribution < -0.4 is 5.32 Å². The lowest BCUT2D eigenvalue weighted by Gasteiger charge is -2.12. The van der Waals surface area contributed by atoms with E-state index in [1.165, 1.54) is 27.3 Å². The van der Waals surface area contributed by atoms with E-state index in [4.69, 9.17) is 0 Å². The van der Waals surface area contributed by atoms with Crippen LogP contribution in [0, 0.1) is 13.8 Å². The SMILES string of the molecule is CSc1ccccc1NCc1ccc(C)cc1C. The molecule has 0 aliphatic heterocycles. The molecule has 94 valence electrons. The fourth-order valence-corrected chi connectivity index (χ4v) is 2.60. The van der Waals surface area contributed by atoms with Crippen LogP contribution in [0.1, 0.15) is 16.7 Å². The third kappa shape index (κ3) is 3.08. The van der Waals surface area contributed by atoms with Gasteiger partial charge in [-0.2, -0.15) is 0 Å². The average Bonchev–Trinajstić information content (AvgIpc) is 2.38. The highest BCUT2D eigenvalue weighted by atomic mass is 32.2. The van der Waals surface area contributed by atoms with E-state index in [-0.39, 0.29) is 0 Å². The summed E-state index contributed by atoms with van der Waals surface area (Å²) in [6.07, 6.45) is 2.11. The maximum Gasteiger partial charge on any atom is 0.0480 e. The maximum absolute atomic E-state index is 3.52. The van der Waals surface area contributed by atoms with E-state index in [1.807, 2.05) is 0 Å². The molecule has 0 aromatic heterocycles. The first-order valence-electron chi connectivity index (χ1n) is 6.13. The van der Waals surface area contributed by atoms with E-state index in [0.717, 1.165) is 6.54 Å². The van der Waals surface area contributed by atoms with Crippen LogP contribution >= 0.6 is 11.8 Å². The predicted octanol–water partition coefficient (Wildman–Crippen LogP) is 4.64. The van der Waals surface area contributed by atoms with Gasteiger partial charge in [0.2, 0.25) is 0 Å². The Morgan fingerprint density at radius 1 is 1.06 bits per heavy atom. The molecule has 0 atom stereocenters. The van der Waals surface area contributed by atoms with E-state index >= 15 is 0 Å². The number of aryl methyl sites for hydroxylation is 2. The van der Waals surface area contributed by atoms with Crippen LogP contribution in [0.2, 0.25) is 0 Å². The van der Waals surface area contributed by atoms with Gasteiger partial charge < -0.3 is 5.32 Å². The van der Waals surface area contributed by atoms with Crippen LogP contribution in [-0.2, 0) is 6.54 Å². The molecular weight excluding hydrogens is 238 g/mol. The quantitative estimate of drug-likeness (QED) is 0.801. The molecular formula is C16H19NS. The molecule has 2 rings (SSSR count). The predicted molar refractivity (Wildman–Crippen MR) is 81.5 cm³/mol. The lowest BCUT2D eigenvalue weighted by atomic mass is 10.1. The highest BCUT2D eigenvalue weighted by Crippen LogP contribution is 2.25. The summed E-state index contributed by atoms with van der Waals surface area (Å²) in [5.41, 5.74) is 5.24. The summed E-state index contributed by atoms with van der Waals surface area (Å²) in [6.45, 7) is 5.18. The number of rotatable bonds is 4. The third-order valence-electron chi connectivity index (χ3n) is 3.07. The molecule has 0 bridgehead atoms. The number of nitrogens with one attached hydrogen (secondary N) is 1. The molecule has 0 saturated carbocycles. The van der Waals surface area contributed by atoms with Crippen molar-refractivity contribution >= 4 is 17.4 Å². The van der Waals surface area contributed by atoms with Crippen molar-refractivity contribution in [2.24, 2.45) is 0 Å². The minimum atomic E-state index is 0.879. The number of benzene rings is 2. The third-order valence-corrected chi connectivity index (χ3v) is 3.87. The highest BCUT2D eigenvalue weighted by molar-refractivity contribution is 7.98. The second-order valence-corrected chi connectivity index (χ2v) is 5.33. The molecule has 0 radical (unpaired) electrons. The molecule has 0 saturated heterocycles. The van der Waals surface area contributed by atoms with Crippen molar-refractivity contribution in [3.8, 4) is 0 Å². The molecule has 0 unspecified atom stereocenters. The van der Waals surface area contributed by atoms with Gasteiger partial charge in [-0.15, -0.1) is 11.8 Å². The van der Waals surface area contributed by atoms with Gasteiger partial charge >= 0.3 is 0 Å². The minimum absolute atomic E-state index is 0.879. The highest BCUT2D eigenvalue weighted by Gasteiger charge is 2.02. The number of hydrogen-bond donors (Lipinski definition) is 1. The number of thioether (sulfide) groups is 1. The van der Waals surface area contributed by atoms with Crippen molar-refractivity contribution in [2.45, 2.75) is 25.3 Å². The number of para-hydroxylation sites is 1. The lowest BCUT2D eigenvalue weighted by Crippen LogP contribution is -2.02. The zero-order valence-electron chi connectivity index (χ0n) is 11.2. The largest absolute Gasteiger partial charge is 0.380 e. The van der Waals surface area contributed by atoms with Crippen LogP contribution in [0.4, 0.5) is 5.69 Å². The van der Waals surface area contributed by atoms with Gasteiger partial charge in [0.25, 0.3) is 0 Å². The normalized spacial score (nSPS) is 10.4. The molecule has 0 aliphatic carbocycles. The van der Waals surface area contributed by atoms with Crippen LogP contribution in [-0.4, -0.2) is 6.26 Å². The Bertz CT molecular complexity index is 534. The summed E-state index contributed by atoms with van der Waals surface area (Å²) in [7, 11) is 0. The van der Waals surface area contributed by atoms with E-state index in [9.17, 15) is 0 Å². The van der Waals surface area contributed by atoms with Gasteiger partial charge in [0.05, 0.1) is 0 Å². The second-order valence-electron chi connectivity index (χ2n) is 4.48. The van der Waals surface area contributed by atoms with Crippen LogP contribution in [0.15, 0.2) is 47.4 Å². The Morgan fingerprint density at radius 3 is 2.56 bits per heavy atom. The Hall–Kier alpha value is -1.41. The number of anilines is 1. The standard InChI is InChI=1S/C16H19NS/c1-12-8-9-14(13(2)10-12)11-17-15-6-4-5-7-16(15)18-3/h4-10,17H,11H2,1-3H3. The fraction of sp³-hybridized carbons (Fsp3) is 0.250. The van der Waals surface area contributed by atoms with Crippen LogP contribution in [0.3, 0.4) is 0 Å². The van der Waals surface area contributed by atoms with Gasteiger partial charge in [-0.1, -0.05) is 35.9 Å². The van der Waals surface area contributed by atoms with Gasteiger partial charge in [0, 0.05) is 17.1 Å². The van der Waals surface area contributed by atoms with Crippen molar-refractivity contribution in [1.82, 2.24) is 0 Å².